The Morgan fingerprint density at radius 1 is 1.24 bits per heavy atom. The van der Waals surface area contributed by atoms with Crippen LogP contribution in [0, 0.1) is 5.92 Å². The van der Waals surface area contributed by atoms with Crippen LogP contribution in [0.2, 0.25) is 0 Å². The van der Waals surface area contributed by atoms with E-state index in [9.17, 15) is 14.7 Å². The normalized spacial score (nSPS) is 14.2. The lowest BCUT2D eigenvalue weighted by molar-refractivity contribution is -0.144. The Balaban J connectivity index is 2.04. The topological polar surface area (TPSA) is 115 Å². The summed E-state index contributed by atoms with van der Waals surface area (Å²) in [5.41, 5.74) is -0.571. The van der Waals surface area contributed by atoms with Crippen LogP contribution in [0.25, 0.3) is 11.5 Å². The van der Waals surface area contributed by atoms with E-state index in [0.29, 0.717) is 24.6 Å². The maximum Gasteiger partial charge on any atom is 0.408 e. The second kappa shape index (κ2) is 10.0. The maximum absolute atomic E-state index is 12.4. The maximum atomic E-state index is 12.4. The van der Waals surface area contributed by atoms with Crippen molar-refractivity contribution < 1.29 is 23.8 Å². The number of unbranched alkanes of at least 4 members (excludes halogenated alkanes) is 1. The minimum atomic E-state index is -1.38. The number of ether oxygens (including phenoxy) is 1. The molecule has 158 valence electrons. The van der Waals surface area contributed by atoms with E-state index < -0.39 is 23.7 Å². The summed E-state index contributed by atoms with van der Waals surface area (Å²) in [6.07, 6.45) is 0.764. The highest BCUT2D eigenvalue weighted by molar-refractivity contribution is 5.83. The predicted octanol–water partition coefficient (Wildman–Crippen LogP) is 4.06. The molecule has 2 aromatic rings. The lowest BCUT2D eigenvalue weighted by Crippen LogP contribution is -2.53. The van der Waals surface area contributed by atoms with E-state index in [1.807, 2.05) is 51.1 Å². The van der Waals surface area contributed by atoms with Crippen LogP contribution < -0.4 is 5.32 Å². The van der Waals surface area contributed by atoms with Gasteiger partial charge in [0.15, 0.2) is 0 Å². The zero-order chi connectivity index (χ0) is 21.4. The average Bonchev–Trinajstić information content (AvgIpc) is 3.15. The molecule has 0 fully saturated rings. The van der Waals surface area contributed by atoms with Gasteiger partial charge in [-0.15, -0.1) is 10.2 Å². The van der Waals surface area contributed by atoms with Gasteiger partial charge in [-0.25, -0.2) is 9.59 Å². The van der Waals surface area contributed by atoms with Crippen molar-refractivity contribution >= 4 is 12.1 Å². The Labute approximate surface area is 170 Å². The van der Waals surface area contributed by atoms with Crippen LogP contribution in [-0.4, -0.2) is 39.0 Å². The molecule has 0 unspecified atom stereocenters. The second-order valence-corrected chi connectivity index (χ2v) is 7.62. The molecule has 29 heavy (non-hydrogen) atoms. The largest absolute Gasteiger partial charge is 0.480 e. The first-order valence-corrected chi connectivity index (χ1v) is 9.85. The van der Waals surface area contributed by atoms with Crippen LogP contribution in [-0.2, 0) is 16.0 Å². The SMILES string of the molecule is CCCC[C@](C)(NC(=O)O[C@@H](Cc1nnc(-c2ccccc2)o1)C(C)C)C(=O)O. The van der Waals surface area contributed by atoms with Gasteiger partial charge in [-0.3, -0.25) is 0 Å². The van der Waals surface area contributed by atoms with E-state index in [0.717, 1.165) is 12.0 Å². The number of carbonyl (C=O) groups is 2. The van der Waals surface area contributed by atoms with Crippen LogP contribution in [0.3, 0.4) is 0 Å². The number of carboxylic acids is 1. The fourth-order valence-electron chi connectivity index (χ4n) is 2.76. The van der Waals surface area contributed by atoms with Crippen molar-refractivity contribution in [3.63, 3.8) is 0 Å². The van der Waals surface area contributed by atoms with E-state index in [2.05, 4.69) is 15.5 Å². The van der Waals surface area contributed by atoms with Gasteiger partial charge < -0.3 is 19.6 Å². The van der Waals surface area contributed by atoms with Gasteiger partial charge in [-0.2, -0.15) is 0 Å². The lowest BCUT2D eigenvalue weighted by atomic mass is 9.95. The van der Waals surface area contributed by atoms with Gasteiger partial charge in [0, 0.05) is 5.56 Å². The zero-order valence-electron chi connectivity index (χ0n) is 17.3. The molecule has 1 heterocycles. The highest BCUT2D eigenvalue weighted by Gasteiger charge is 2.35. The Hall–Kier alpha value is -2.90. The van der Waals surface area contributed by atoms with E-state index in [1.54, 1.807) is 0 Å². The number of carboxylic acid groups (broad SMARTS) is 1. The number of rotatable bonds is 10. The molecule has 0 spiro atoms. The van der Waals surface area contributed by atoms with Crippen molar-refractivity contribution in [2.45, 2.75) is 65.0 Å². The summed E-state index contributed by atoms with van der Waals surface area (Å²) >= 11 is 0. The number of alkyl carbamates (subject to hydrolysis) is 1. The lowest BCUT2D eigenvalue weighted by Gasteiger charge is -2.28. The van der Waals surface area contributed by atoms with Gasteiger partial charge in [0.05, 0.1) is 6.42 Å². The molecule has 2 rings (SSSR count). The monoisotopic (exact) mass is 403 g/mol. The smallest absolute Gasteiger partial charge is 0.408 e. The minimum Gasteiger partial charge on any atom is -0.480 e. The number of nitrogens with zero attached hydrogens (tertiary/aromatic N) is 2. The summed E-state index contributed by atoms with van der Waals surface area (Å²) in [5, 5.41) is 20.1. The highest BCUT2D eigenvalue weighted by Crippen LogP contribution is 2.20. The van der Waals surface area contributed by atoms with Crippen LogP contribution in [0.4, 0.5) is 4.79 Å². The number of amides is 1. The van der Waals surface area contributed by atoms with Crippen molar-refractivity contribution in [2.75, 3.05) is 0 Å². The Morgan fingerprint density at radius 3 is 2.52 bits per heavy atom. The third-order valence-corrected chi connectivity index (χ3v) is 4.75. The first-order valence-electron chi connectivity index (χ1n) is 9.85. The first-order chi connectivity index (χ1) is 13.7. The molecule has 2 atom stereocenters. The molecule has 0 aliphatic heterocycles. The van der Waals surface area contributed by atoms with E-state index in [1.165, 1.54) is 6.92 Å². The quantitative estimate of drug-likeness (QED) is 0.614. The van der Waals surface area contributed by atoms with Gasteiger partial charge in [0.2, 0.25) is 11.8 Å². The van der Waals surface area contributed by atoms with Crippen molar-refractivity contribution in [1.82, 2.24) is 15.5 Å². The Morgan fingerprint density at radius 2 is 1.93 bits per heavy atom. The molecule has 0 saturated carbocycles. The summed E-state index contributed by atoms with van der Waals surface area (Å²) in [6.45, 7) is 7.25. The fourth-order valence-corrected chi connectivity index (χ4v) is 2.76. The summed E-state index contributed by atoms with van der Waals surface area (Å²) in [5.74, 6) is -0.374. The molecule has 8 heteroatoms. The molecular formula is C21H29N3O5. The van der Waals surface area contributed by atoms with Crippen LogP contribution >= 0.6 is 0 Å². The average molecular weight is 403 g/mol. The molecule has 0 bridgehead atoms. The van der Waals surface area contributed by atoms with Gasteiger partial charge in [0.25, 0.3) is 0 Å². The van der Waals surface area contributed by atoms with Crippen LogP contribution in [0.15, 0.2) is 34.7 Å². The minimum absolute atomic E-state index is 0.0282. The van der Waals surface area contributed by atoms with Crippen molar-refractivity contribution in [3.05, 3.63) is 36.2 Å². The number of nitrogens with one attached hydrogen (secondary N) is 1. The molecule has 0 saturated heterocycles. The third-order valence-electron chi connectivity index (χ3n) is 4.75. The number of benzene rings is 1. The molecule has 1 aromatic carbocycles. The van der Waals surface area contributed by atoms with Gasteiger partial charge in [0.1, 0.15) is 11.6 Å². The number of aliphatic carboxylic acids is 1. The predicted molar refractivity (Wildman–Crippen MR) is 107 cm³/mol. The van der Waals surface area contributed by atoms with Gasteiger partial charge in [-0.05, 0) is 31.4 Å². The molecular weight excluding hydrogens is 374 g/mol. The standard InChI is InChI=1S/C21H29N3O5/c1-5-6-12-21(4,19(25)26)22-20(27)28-16(14(2)3)13-17-23-24-18(29-17)15-10-8-7-9-11-15/h7-11,14,16H,5-6,12-13H2,1-4H3,(H,22,27)(H,25,26)/t16-,21-/m0/s1. The van der Waals surface area contributed by atoms with E-state index >= 15 is 0 Å². The molecule has 8 nitrogen and oxygen atoms in total. The Kier molecular flexibility index (Phi) is 7.75. The van der Waals surface area contributed by atoms with Gasteiger partial charge in [-0.1, -0.05) is 51.8 Å². The summed E-state index contributed by atoms with van der Waals surface area (Å²) in [4.78, 5) is 24.0. The van der Waals surface area contributed by atoms with E-state index in [4.69, 9.17) is 9.15 Å². The van der Waals surface area contributed by atoms with Gasteiger partial charge >= 0.3 is 12.1 Å². The Bertz CT molecular complexity index is 806. The first kappa shape index (κ1) is 22.4. The molecule has 0 aliphatic carbocycles. The van der Waals surface area contributed by atoms with Crippen LogP contribution in [0.1, 0.15) is 52.8 Å². The number of carbonyl (C=O) groups excluding carboxylic acids is 1. The molecule has 2 N–H and O–H groups in total. The molecule has 0 radical (unpaired) electrons. The third kappa shape index (κ3) is 6.30. The van der Waals surface area contributed by atoms with Crippen molar-refractivity contribution in [1.29, 1.82) is 0 Å². The van der Waals surface area contributed by atoms with Crippen molar-refractivity contribution in [3.8, 4) is 11.5 Å². The second-order valence-electron chi connectivity index (χ2n) is 7.62. The summed E-state index contributed by atoms with van der Waals surface area (Å²) in [7, 11) is 0. The van der Waals surface area contributed by atoms with Crippen molar-refractivity contribution in [2.24, 2.45) is 5.92 Å². The molecule has 0 aliphatic rings. The number of aromatic nitrogens is 2. The van der Waals surface area contributed by atoms with E-state index in [-0.39, 0.29) is 12.3 Å². The van der Waals surface area contributed by atoms with Crippen LogP contribution in [0.5, 0.6) is 0 Å². The summed E-state index contributed by atoms with van der Waals surface area (Å²) < 4.78 is 11.2. The summed E-state index contributed by atoms with van der Waals surface area (Å²) in [6, 6.07) is 9.38. The molecule has 1 amide bonds. The zero-order valence-corrected chi connectivity index (χ0v) is 17.3. The number of hydrogen-bond donors (Lipinski definition) is 2. The molecule has 1 aromatic heterocycles. The fraction of sp³-hybridized carbons (Fsp3) is 0.524. The highest BCUT2D eigenvalue weighted by atomic mass is 16.6. The number of hydrogen-bond acceptors (Lipinski definition) is 6.